The third-order valence-corrected chi connectivity index (χ3v) is 2.98. The monoisotopic (exact) mass is 335 g/mol. The fraction of sp³-hybridized carbons (Fsp3) is 0.462. The third-order valence-electron chi connectivity index (χ3n) is 2.24. The van der Waals surface area contributed by atoms with Crippen LogP contribution < -0.4 is 5.73 Å². The second kappa shape index (κ2) is 5.96. The van der Waals surface area contributed by atoms with E-state index < -0.39 is 29.2 Å². The van der Waals surface area contributed by atoms with Gasteiger partial charge in [-0.1, -0.05) is 15.9 Å². The average Bonchev–Trinajstić information content (AvgIpc) is 2.23. The first-order valence-electron chi connectivity index (χ1n) is 5.72. The standard InChI is InChI=1S/C13H16BrF2NO2/c1-13(2,3)19-12(18)11(17)5-7-4-9(15)10(16)6-8(7)14/h4,6,11H,5,17H2,1-3H3/t11-/m0/s1. The largest absolute Gasteiger partial charge is 0.459 e. The number of carbonyl (C=O) groups is 1. The maximum Gasteiger partial charge on any atom is 0.323 e. The maximum atomic E-state index is 13.1. The van der Waals surface area contributed by atoms with Gasteiger partial charge in [0, 0.05) is 4.47 Å². The molecule has 0 aliphatic rings. The smallest absolute Gasteiger partial charge is 0.323 e. The van der Waals surface area contributed by atoms with Gasteiger partial charge in [-0.25, -0.2) is 8.78 Å². The number of esters is 1. The van der Waals surface area contributed by atoms with Gasteiger partial charge in [0.15, 0.2) is 11.6 Å². The molecule has 0 spiro atoms. The zero-order valence-electron chi connectivity index (χ0n) is 11.0. The molecule has 0 aliphatic carbocycles. The molecule has 1 aromatic carbocycles. The van der Waals surface area contributed by atoms with Crippen LogP contribution in [0.5, 0.6) is 0 Å². The lowest BCUT2D eigenvalue weighted by molar-refractivity contribution is -0.156. The van der Waals surface area contributed by atoms with Crippen LogP contribution in [0.15, 0.2) is 16.6 Å². The summed E-state index contributed by atoms with van der Waals surface area (Å²) in [7, 11) is 0. The lowest BCUT2D eigenvalue weighted by Crippen LogP contribution is -2.38. The Labute approximate surface area is 119 Å². The number of hydrogen-bond acceptors (Lipinski definition) is 3. The number of ether oxygens (including phenoxy) is 1. The van der Waals surface area contributed by atoms with E-state index in [0.717, 1.165) is 12.1 Å². The summed E-state index contributed by atoms with van der Waals surface area (Å²) in [5.74, 6) is -2.51. The van der Waals surface area contributed by atoms with Crippen LogP contribution in [-0.2, 0) is 16.0 Å². The number of nitrogens with two attached hydrogens (primary N) is 1. The van der Waals surface area contributed by atoms with Gasteiger partial charge in [0.1, 0.15) is 11.6 Å². The maximum absolute atomic E-state index is 13.1. The Morgan fingerprint density at radius 2 is 1.89 bits per heavy atom. The molecule has 19 heavy (non-hydrogen) atoms. The van der Waals surface area contributed by atoms with Crippen molar-refractivity contribution in [1.82, 2.24) is 0 Å². The first-order chi connectivity index (χ1) is 8.60. The van der Waals surface area contributed by atoms with Crippen LogP contribution in [0, 0.1) is 11.6 Å². The molecule has 0 saturated heterocycles. The first-order valence-corrected chi connectivity index (χ1v) is 6.51. The summed E-state index contributed by atoms with van der Waals surface area (Å²) in [6, 6.07) is 1.09. The van der Waals surface area contributed by atoms with Gasteiger partial charge < -0.3 is 10.5 Å². The van der Waals surface area contributed by atoms with Crippen LogP contribution in [0.2, 0.25) is 0 Å². The highest BCUT2D eigenvalue weighted by atomic mass is 79.9. The van der Waals surface area contributed by atoms with Crippen LogP contribution in [0.4, 0.5) is 8.78 Å². The van der Waals surface area contributed by atoms with Crippen LogP contribution in [0.1, 0.15) is 26.3 Å². The van der Waals surface area contributed by atoms with E-state index in [1.54, 1.807) is 20.8 Å². The van der Waals surface area contributed by atoms with Crippen LogP contribution in [0.3, 0.4) is 0 Å². The molecule has 0 fully saturated rings. The van der Waals surface area contributed by atoms with Crippen LogP contribution in [-0.4, -0.2) is 17.6 Å². The summed E-state index contributed by atoms with van der Waals surface area (Å²) in [6.07, 6.45) is 0.0622. The molecule has 0 heterocycles. The highest BCUT2D eigenvalue weighted by molar-refractivity contribution is 9.10. The van der Waals surface area contributed by atoms with Gasteiger partial charge in [0.25, 0.3) is 0 Å². The van der Waals surface area contributed by atoms with Crippen molar-refractivity contribution in [3.8, 4) is 0 Å². The first kappa shape index (κ1) is 16.0. The topological polar surface area (TPSA) is 52.3 Å². The lowest BCUT2D eigenvalue weighted by atomic mass is 10.1. The Morgan fingerprint density at radius 3 is 2.42 bits per heavy atom. The minimum atomic E-state index is -0.977. The minimum Gasteiger partial charge on any atom is -0.459 e. The van der Waals surface area contributed by atoms with E-state index in [-0.39, 0.29) is 6.42 Å². The van der Waals surface area contributed by atoms with Gasteiger partial charge in [-0.3, -0.25) is 4.79 Å². The Bertz CT molecular complexity index is 486. The van der Waals surface area contributed by atoms with E-state index in [9.17, 15) is 13.6 Å². The third kappa shape index (κ3) is 4.87. The lowest BCUT2D eigenvalue weighted by Gasteiger charge is -2.22. The Hall–Kier alpha value is -1.01. The van der Waals surface area contributed by atoms with E-state index >= 15 is 0 Å². The van der Waals surface area contributed by atoms with Gasteiger partial charge in [-0.15, -0.1) is 0 Å². The molecule has 0 bridgehead atoms. The molecule has 0 amide bonds. The van der Waals surface area contributed by atoms with Crippen molar-refractivity contribution in [1.29, 1.82) is 0 Å². The molecule has 106 valence electrons. The number of rotatable bonds is 3. The van der Waals surface area contributed by atoms with Crippen molar-refractivity contribution in [2.75, 3.05) is 0 Å². The van der Waals surface area contributed by atoms with Crippen LogP contribution >= 0.6 is 15.9 Å². The Morgan fingerprint density at radius 1 is 1.37 bits per heavy atom. The summed E-state index contributed by atoms with van der Waals surface area (Å²) in [5, 5.41) is 0. The number of carbonyl (C=O) groups excluding carboxylic acids is 1. The fourth-order valence-electron chi connectivity index (χ4n) is 1.42. The molecule has 1 atom stereocenters. The number of benzene rings is 1. The van der Waals surface area contributed by atoms with Crippen molar-refractivity contribution in [2.24, 2.45) is 5.73 Å². The molecule has 1 aromatic rings. The SMILES string of the molecule is CC(C)(C)OC(=O)[C@@H](N)Cc1cc(F)c(F)cc1Br. The van der Waals surface area contributed by atoms with Crippen LogP contribution in [0.25, 0.3) is 0 Å². The van der Waals surface area contributed by atoms with Crippen molar-refractivity contribution in [2.45, 2.75) is 38.8 Å². The molecule has 0 radical (unpaired) electrons. The van der Waals surface area contributed by atoms with E-state index in [0.29, 0.717) is 10.0 Å². The van der Waals surface area contributed by atoms with Crippen molar-refractivity contribution < 1.29 is 18.3 Å². The quantitative estimate of drug-likeness (QED) is 0.682. The van der Waals surface area contributed by atoms with Crippen molar-refractivity contribution in [3.63, 3.8) is 0 Å². The van der Waals surface area contributed by atoms with E-state index in [1.165, 1.54) is 0 Å². The molecule has 0 unspecified atom stereocenters. The Balaban J connectivity index is 2.80. The molecular formula is C13H16BrF2NO2. The minimum absolute atomic E-state index is 0.0622. The highest BCUT2D eigenvalue weighted by Crippen LogP contribution is 2.22. The van der Waals surface area contributed by atoms with E-state index in [4.69, 9.17) is 10.5 Å². The zero-order chi connectivity index (χ0) is 14.8. The van der Waals surface area contributed by atoms with E-state index in [2.05, 4.69) is 15.9 Å². The molecular weight excluding hydrogens is 320 g/mol. The van der Waals surface area contributed by atoms with Crippen molar-refractivity contribution in [3.05, 3.63) is 33.8 Å². The van der Waals surface area contributed by atoms with Gasteiger partial charge >= 0.3 is 5.97 Å². The normalized spacial score (nSPS) is 13.2. The average molecular weight is 336 g/mol. The molecule has 3 nitrogen and oxygen atoms in total. The molecule has 1 rings (SSSR count). The fourth-order valence-corrected chi connectivity index (χ4v) is 1.90. The number of halogens is 3. The second-order valence-corrected chi connectivity index (χ2v) is 6.06. The predicted octanol–water partition coefficient (Wildman–Crippen LogP) is 2.94. The highest BCUT2D eigenvalue weighted by Gasteiger charge is 2.23. The summed E-state index contributed by atoms with van der Waals surface area (Å²) >= 11 is 3.11. The summed E-state index contributed by atoms with van der Waals surface area (Å²) < 4.78 is 31.6. The van der Waals surface area contributed by atoms with Gasteiger partial charge in [-0.05, 0) is 44.9 Å². The molecule has 0 aromatic heterocycles. The molecule has 2 N–H and O–H groups in total. The molecule has 6 heteroatoms. The predicted molar refractivity (Wildman–Crippen MR) is 71.6 cm³/mol. The summed E-state index contributed by atoms with van der Waals surface area (Å²) in [5.41, 5.74) is 5.48. The Kier molecular flexibility index (Phi) is 5.04. The summed E-state index contributed by atoms with van der Waals surface area (Å²) in [4.78, 5) is 11.7. The molecule has 0 saturated carbocycles. The zero-order valence-corrected chi connectivity index (χ0v) is 12.6. The molecule has 0 aliphatic heterocycles. The van der Waals surface area contributed by atoms with Gasteiger partial charge in [0.05, 0.1) is 0 Å². The number of hydrogen-bond donors (Lipinski definition) is 1. The van der Waals surface area contributed by atoms with Crippen molar-refractivity contribution >= 4 is 21.9 Å². The van der Waals surface area contributed by atoms with Gasteiger partial charge in [0.2, 0.25) is 0 Å². The summed E-state index contributed by atoms with van der Waals surface area (Å²) in [6.45, 7) is 5.18. The van der Waals surface area contributed by atoms with Gasteiger partial charge in [-0.2, -0.15) is 0 Å². The second-order valence-electron chi connectivity index (χ2n) is 5.20. The van der Waals surface area contributed by atoms with E-state index in [1.807, 2.05) is 0 Å².